The molecule has 0 unspecified atom stereocenters. The van der Waals surface area contributed by atoms with Gasteiger partial charge >= 0.3 is 0 Å². The maximum atomic E-state index is 9.76. The van der Waals surface area contributed by atoms with Crippen LogP contribution in [0.5, 0.6) is 0 Å². The van der Waals surface area contributed by atoms with Crippen LogP contribution in [0.2, 0.25) is 0 Å². The predicted molar refractivity (Wildman–Crippen MR) is 99.3 cm³/mol. The fourth-order valence-electron chi connectivity index (χ4n) is 2.05. The van der Waals surface area contributed by atoms with Crippen LogP contribution in [0, 0.1) is 0 Å². The maximum absolute atomic E-state index is 9.76. The molecule has 0 amide bonds. The summed E-state index contributed by atoms with van der Waals surface area (Å²) in [6.45, 7) is 2.45. The standard InChI is InChI=1S/C12H27N.C5H10O5.ClH/c1-2-3-4-5-6-7-8-9-10-11-12-13;6-1-3(8)5(10)4(9)2-7;/h2-13H2,1H3;1,3-5,7-10H,2H2;1H/t;3-,4-,5+;/m.1./s1. The SMILES string of the molecule is CCCCCCCCCCCCN.Cl.O=C[C@@H](O)[C@H](O)[C@H](O)CO. The zero-order chi connectivity index (χ0) is 17.9. The van der Waals surface area contributed by atoms with Gasteiger partial charge in [0.15, 0.2) is 6.29 Å². The molecule has 0 aliphatic carbocycles. The van der Waals surface area contributed by atoms with E-state index in [1.807, 2.05) is 0 Å². The van der Waals surface area contributed by atoms with Crippen LogP contribution in [0.3, 0.4) is 0 Å². The highest BCUT2D eigenvalue weighted by atomic mass is 35.5. The Kier molecular flexibility index (Phi) is 27.1. The van der Waals surface area contributed by atoms with E-state index in [1.54, 1.807) is 0 Å². The van der Waals surface area contributed by atoms with Gasteiger partial charge in [-0.15, -0.1) is 12.4 Å². The van der Waals surface area contributed by atoms with Gasteiger partial charge < -0.3 is 31.0 Å². The van der Waals surface area contributed by atoms with Crippen LogP contribution in [-0.4, -0.2) is 58.2 Å². The summed E-state index contributed by atoms with van der Waals surface area (Å²) in [4.78, 5) is 9.76. The summed E-state index contributed by atoms with van der Waals surface area (Å²) in [5.41, 5.74) is 5.42. The third kappa shape index (κ3) is 19.8. The lowest BCUT2D eigenvalue weighted by Gasteiger charge is -2.16. The maximum Gasteiger partial charge on any atom is 0.151 e. The van der Waals surface area contributed by atoms with Crippen molar-refractivity contribution in [2.75, 3.05) is 13.2 Å². The highest BCUT2D eigenvalue weighted by Crippen LogP contribution is 2.09. The summed E-state index contributed by atoms with van der Waals surface area (Å²) >= 11 is 0. The first-order chi connectivity index (χ1) is 11.0. The molecule has 0 aromatic rings. The molecule has 0 aromatic carbocycles. The molecule has 0 heterocycles. The van der Waals surface area contributed by atoms with Crippen molar-refractivity contribution in [3.8, 4) is 0 Å². The van der Waals surface area contributed by atoms with Crippen LogP contribution >= 0.6 is 12.4 Å². The van der Waals surface area contributed by atoms with Crippen LogP contribution in [0.15, 0.2) is 0 Å². The normalized spacial score (nSPS) is 13.9. The van der Waals surface area contributed by atoms with Gasteiger partial charge in [0.25, 0.3) is 0 Å². The molecule has 0 rings (SSSR count). The molecule has 148 valence electrons. The largest absolute Gasteiger partial charge is 0.394 e. The Morgan fingerprint density at radius 2 is 1.29 bits per heavy atom. The minimum Gasteiger partial charge on any atom is -0.394 e. The molecule has 0 saturated carbocycles. The summed E-state index contributed by atoms with van der Waals surface area (Å²) in [6, 6.07) is 0. The number of unbranched alkanes of at least 4 members (excludes halogenated alkanes) is 9. The van der Waals surface area contributed by atoms with E-state index in [1.165, 1.54) is 64.2 Å². The van der Waals surface area contributed by atoms with Crippen LogP contribution < -0.4 is 5.73 Å². The van der Waals surface area contributed by atoms with Crippen molar-refractivity contribution in [1.82, 2.24) is 0 Å². The van der Waals surface area contributed by atoms with E-state index >= 15 is 0 Å². The van der Waals surface area contributed by atoms with Crippen LogP contribution in [0.25, 0.3) is 0 Å². The third-order valence-corrected chi connectivity index (χ3v) is 3.63. The minimum atomic E-state index is -1.64. The summed E-state index contributed by atoms with van der Waals surface area (Å²) in [5.74, 6) is 0. The number of carbonyl (C=O) groups is 1. The van der Waals surface area contributed by atoms with Crippen molar-refractivity contribution in [3.63, 3.8) is 0 Å². The van der Waals surface area contributed by atoms with E-state index in [4.69, 9.17) is 26.2 Å². The van der Waals surface area contributed by atoms with Crippen molar-refractivity contribution < 1.29 is 25.2 Å². The van der Waals surface area contributed by atoms with Gasteiger partial charge in [0.1, 0.15) is 18.3 Å². The van der Waals surface area contributed by atoms with Crippen molar-refractivity contribution in [2.24, 2.45) is 5.73 Å². The van der Waals surface area contributed by atoms with Crippen LogP contribution in [0.1, 0.15) is 71.1 Å². The molecule has 0 aromatic heterocycles. The van der Waals surface area contributed by atoms with Gasteiger partial charge in [-0.05, 0) is 13.0 Å². The molecule has 0 spiro atoms. The quantitative estimate of drug-likeness (QED) is 0.233. The van der Waals surface area contributed by atoms with Crippen molar-refractivity contribution >= 4 is 18.7 Å². The molecule has 3 atom stereocenters. The summed E-state index contributed by atoms with van der Waals surface area (Å²) < 4.78 is 0. The number of aliphatic hydroxyl groups excluding tert-OH is 4. The van der Waals surface area contributed by atoms with Crippen LogP contribution in [-0.2, 0) is 4.79 Å². The highest BCUT2D eigenvalue weighted by molar-refractivity contribution is 5.85. The first-order valence-electron chi connectivity index (χ1n) is 8.85. The van der Waals surface area contributed by atoms with Gasteiger partial charge in [-0.3, -0.25) is 0 Å². The monoisotopic (exact) mass is 371 g/mol. The zero-order valence-electron chi connectivity index (χ0n) is 15.0. The minimum absolute atomic E-state index is 0. The molecule has 0 radical (unpaired) electrons. The van der Waals surface area contributed by atoms with Gasteiger partial charge in [0.2, 0.25) is 0 Å². The Hall–Kier alpha value is -0.240. The second-order valence-corrected chi connectivity index (χ2v) is 5.84. The Balaban J connectivity index is -0.000000364. The van der Waals surface area contributed by atoms with Crippen molar-refractivity contribution in [2.45, 2.75) is 89.4 Å². The molecular weight excluding hydrogens is 334 g/mol. The average Bonchev–Trinajstić information content (AvgIpc) is 2.58. The van der Waals surface area contributed by atoms with E-state index in [0.717, 1.165) is 6.54 Å². The Morgan fingerprint density at radius 1 is 0.875 bits per heavy atom. The number of carbonyl (C=O) groups excluding carboxylic acids is 1. The lowest BCUT2D eigenvalue weighted by Crippen LogP contribution is -2.40. The topological polar surface area (TPSA) is 124 Å². The third-order valence-electron chi connectivity index (χ3n) is 3.63. The first kappa shape index (κ1) is 28.6. The molecule has 6 nitrogen and oxygen atoms in total. The lowest BCUT2D eigenvalue weighted by atomic mass is 10.1. The lowest BCUT2D eigenvalue weighted by molar-refractivity contribution is -0.127. The van der Waals surface area contributed by atoms with Crippen LogP contribution in [0.4, 0.5) is 0 Å². The predicted octanol–water partition coefficient (Wildman–Crippen LogP) is 1.55. The zero-order valence-corrected chi connectivity index (χ0v) is 15.8. The molecule has 0 aliphatic heterocycles. The van der Waals surface area contributed by atoms with Gasteiger partial charge in [0.05, 0.1) is 6.61 Å². The molecule has 0 aliphatic rings. The number of nitrogens with two attached hydrogens (primary N) is 1. The number of rotatable bonds is 14. The van der Waals surface area contributed by atoms with E-state index in [9.17, 15) is 4.79 Å². The number of halogens is 1. The van der Waals surface area contributed by atoms with Gasteiger partial charge in [-0.25, -0.2) is 0 Å². The average molecular weight is 372 g/mol. The number of aldehydes is 1. The molecule has 24 heavy (non-hydrogen) atoms. The van der Waals surface area contributed by atoms with E-state index in [0.29, 0.717) is 0 Å². The fourth-order valence-corrected chi connectivity index (χ4v) is 2.05. The number of aliphatic hydroxyl groups is 4. The fraction of sp³-hybridized carbons (Fsp3) is 0.941. The molecule has 7 heteroatoms. The van der Waals surface area contributed by atoms with E-state index in [2.05, 4.69) is 6.92 Å². The molecule has 0 saturated heterocycles. The molecule has 6 N–H and O–H groups in total. The second-order valence-electron chi connectivity index (χ2n) is 5.84. The number of hydrogen-bond acceptors (Lipinski definition) is 6. The first-order valence-corrected chi connectivity index (χ1v) is 8.85. The number of hydrogen-bond donors (Lipinski definition) is 5. The smallest absolute Gasteiger partial charge is 0.151 e. The van der Waals surface area contributed by atoms with Gasteiger partial charge in [-0.1, -0.05) is 64.7 Å². The summed E-state index contributed by atoms with van der Waals surface area (Å²) in [5, 5.41) is 34.1. The molecule has 0 fully saturated rings. The molecular formula is C17H38ClNO5. The van der Waals surface area contributed by atoms with E-state index < -0.39 is 24.9 Å². The summed E-state index contributed by atoms with van der Waals surface area (Å²) in [7, 11) is 0. The second kappa shape index (κ2) is 22.8. The van der Waals surface area contributed by atoms with Crippen molar-refractivity contribution in [1.29, 1.82) is 0 Å². The van der Waals surface area contributed by atoms with Gasteiger partial charge in [0, 0.05) is 0 Å². The Labute approximate surface area is 152 Å². The highest BCUT2D eigenvalue weighted by Gasteiger charge is 2.22. The van der Waals surface area contributed by atoms with E-state index in [-0.39, 0.29) is 18.7 Å². The Morgan fingerprint density at radius 3 is 1.62 bits per heavy atom. The molecule has 0 bridgehead atoms. The Bertz CT molecular complexity index is 237. The summed E-state index contributed by atoms with van der Waals surface area (Å²) in [6.07, 6.45) is 9.30. The van der Waals surface area contributed by atoms with Crippen molar-refractivity contribution in [3.05, 3.63) is 0 Å². The van der Waals surface area contributed by atoms with Gasteiger partial charge in [-0.2, -0.15) is 0 Å².